The second kappa shape index (κ2) is 4.84. The maximum Gasteiger partial charge on any atom is 0.193 e. The molecule has 3 heteroatoms. The molecule has 0 radical (unpaired) electrons. The van der Waals surface area contributed by atoms with Gasteiger partial charge in [0.1, 0.15) is 6.79 Å². The van der Waals surface area contributed by atoms with Crippen molar-refractivity contribution >= 4 is 18.3 Å². The van der Waals surface area contributed by atoms with Crippen LogP contribution in [0.5, 0.6) is 0 Å². The van der Waals surface area contributed by atoms with Gasteiger partial charge in [-0.2, -0.15) is 0 Å². The van der Waals surface area contributed by atoms with Gasteiger partial charge in [0.25, 0.3) is 0 Å². The largest absolute Gasteiger partial charge is 0.398 e. The van der Waals surface area contributed by atoms with Crippen molar-refractivity contribution in [2.75, 3.05) is 5.73 Å². The highest BCUT2D eigenvalue weighted by molar-refractivity contribution is 6.13. The Morgan fingerprint density at radius 2 is 1.61 bits per heavy atom. The molecule has 3 nitrogen and oxygen atoms in total. The number of rotatable bonds is 0. The summed E-state index contributed by atoms with van der Waals surface area (Å²) in [6, 6.07) is 13.3. The molecule has 2 aromatic rings. The Balaban J connectivity index is 0.000000574. The number of ketones is 1. The Hall–Kier alpha value is -2.42. The fraction of sp³-hybridized carbons (Fsp3) is 0.0667. The summed E-state index contributed by atoms with van der Waals surface area (Å²) in [4.78, 5) is 20.2. The average Bonchev–Trinajstić information content (AvgIpc) is 2.43. The lowest BCUT2D eigenvalue weighted by molar-refractivity contribution is -0.0979. The molecular formula is C15H13NO2. The summed E-state index contributed by atoms with van der Waals surface area (Å²) in [6.07, 6.45) is 0.754. The van der Waals surface area contributed by atoms with Crippen molar-refractivity contribution < 1.29 is 9.59 Å². The first-order chi connectivity index (χ1) is 8.77. The summed E-state index contributed by atoms with van der Waals surface area (Å²) in [5.74, 6) is 0.0872. The SMILES string of the molecule is C=O.Nc1cccc2c1Cc1ccccc1C2=O. The molecule has 0 unspecified atom stereocenters. The first kappa shape index (κ1) is 12.0. The van der Waals surface area contributed by atoms with Gasteiger partial charge < -0.3 is 10.5 Å². The van der Waals surface area contributed by atoms with E-state index in [0.717, 1.165) is 28.7 Å². The highest BCUT2D eigenvalue weighted by atomic mass is 16.1. The number of fused-ring (bicyclic) bond motifs is 2. The lowest BCUT2D eigenvalue weighted by Gasteiger charge is -2.19. The predicted octanol–water partition coefficient (Wildman–Crippen LogP) is 2.22. The van der Waals surface area contributed by atoms with Gasteiger partial charge in [-0.3, -0.25) is 4.79 Å². The van der Waals surface area contributed by atoms with Crippen molar-refractivity contribution in [3.8, 4) is 0 Å². The van der Waals surface area contributed by atoms with Gasteiger partial charge in [0.05, 0.1) is 0 Å². The highest BCUT2D eigenvalue weighted by Crippen LogP contribution is 2.30. The van der Waals surface area contributed by atoms with Crippen molar-refractivity contribution in [3.05, 3.63) is 64.7 Å². The maximum absolute atomic E-state index is 12.2. The molecule has 2 aromatic carbocycles. The molecule has 0 fully saturated rings. The third-order valence-electron chi connectivity index (χ3n) is 3.09. The smallest absolute Gasteiger partial charge is 0.193 e. The van der Waals surface area contributed by atoms with Crippen LogP contribution in [0.25, 0.3) is 0 Å². The Morgan fingerprint density at radius 3 is 2.39 bits per heavy atom. The fourth-order valence-electron chi connectivity index (χ4n) is 2.25. The van der Waals surface area contributed by atoms with Gasteiger partial charge in [-0.15, -0.1) is 0 Å². The van der Waals surface area contributed by atoms with Crippen LogP contribution in [-0.4, -0.2) is 12.6 Å². The standard InChI is InChI=1S/C14H11NO.CH2O/c15-13-7-3-6-11-12(13)8-9-4-1-2-5-10(9)14(11)16;1-2/h1-7H,8,15H2;1H2. The van der Waals surface area contributed by atoms with E-state index in [9.17, 15) is 4.79 Å². The fourth-order valence-corrected chi connectivity index (χ4v) is 2.25. The van der Waals surface area contributed by atoms with Crippen LogP contribution in [0.4, 0.5) is 5.69 Å². The van der Waals surface area contributed by atoms with E-state index in [4.69, 9.17) is 10.5 Å². The molecule has 0 saturated heterocycles. The Labute approximate surface area is 105 Å². The topological polar surface area (TPSA) is 60.2 Å². The highest BCUT2D eigenvalue weighted by Gasteiger charge is 2.23. The van der Waals surface area contributed by atoms with Crippen LogP contribution in [0.15, 0.2) is 42.5 Å². The lowest BCUT2D eigenvalue weighted by atomic mass is 9.84. The van der Waals surface area contributed by atoms with E-state index in [2.05, 4.69) is 0 Å². The van der Waals surface area contributed by atoms with Crippen molar-refractivity contribution in [2.24, 2.45) is 0 Å². The van der Waals surface area contributed by atoms with Crippen LogP contribution in [0, 0.1) is 0 Å². The summed E-state index contributed by atoms with van der Waals surface area (Å²) >= 11 is 0. The van der Waals surface area contributed by atoms with Gasteiger partial charge in [0.15, 0.2) is 5.78 Å². The summed E-state index contributed by atoms with van der Waals surface area (Å²) in [5, 5.41) is 0. The summed E-state index contributed by atoms with van der Waals surface area (Å²) in [7, 11) is 0. The number of anilines is 1. The number of hydrogen-bond acceptors (Lipinski definition) is 3. The van der Waals surface area contributed by atoms with E-state index < -0.39 is 0 Å². The van der Waals surface area contributed by atoms with Gasteiger partial charge in [0, 0.05) is 23.2 Å². The minimum Gasteiger partial charge on any atom is -0.398 e. The molecule has 2 N–H and O–H groups in total. The molecule has 0 aromatic heterocycles. The van der Waals surface area contributed by atoms with Crippen molar-refractivity contribution in [1.29, 1.82) is 0 Å². The predicted molar refractivity (Wildman–Crippen MR) is 70.7 cm³/mol. The molecule has 0 bridgehead atoms. The Kier molecular flexibility index (Phi) is 3.24. The zero-order valence-electron chi connectivity index (χ0n) is 9.85. The van der Waals surface area contributed by atoms with Gasteiger partial charge in [-0.1, -0.05) is 36.4 Å². The van der Waals surface area contributed by atoms with Gasteiger partial charge >= 0.3 is 0 Å². The molecule has 90 valence electrons. The van der Waals surface area contributed by atoms with Crippen LogP contribution in [0.2, 0.25) is 0 Å². The summed E-state index contributed by atoms with van der Waals surface area (Å²) in [6.45, 7) is 2.00. The molecule has 0 saturated carbocycles. The monoisotopic (exact) mass is 239 g/mol. The van der Waals surface area contributed by atoms with Crippen LogP contribution in [0.1, 0.15) is 27.0 Å². The molecule has 0 amide bonds. The van der Waals surface area contributed by atoms with Crippen molar-refractivity contribution in [1.82, 2.24) is 0 Å². The normalized spacial score (nSPS) is 11.9. The molecule has 0 spiro atoms. The number of nitrogen functional groups attached to an aromatic ring is 1. The van der Waals surface area contributed by atoms with Gasteiger partial charge in [0.2, 0.25) is 0 Å². The van der Waals surface area contributed by atoms with E-state index >= 15 is 0 Å². The van der Waals surface area contributed by atoms with Crippen LogP contribution in [0.3, 0.4) is 0 Å². The average molecular weight is 239 g/mol. The molecular weight excluding hydrogens is 226 g/mol. The number of benzene rings is 2. The molecule has 0 heterocycles. The first-order valence-electron chi connectivity index (χ1n) is 5.56. The third-order valence-corrected chi connectivity index (χ3v) is 3.09. The zero-order valence-corrected chi connectivity index (χ0v) is 9.85. The first-order valence-corrected chi connectivity index (χ1v) is 5.56. The summed E-state index contributed by atoms with van der Waals surface area (Å²) in [5.41, 5.74) is 10.2. The maximum atomic E-state index is 12.2. The van der Waals surface area contributed by atoms with E-state index in [1.54, 1.807) is 0 Å². The minimum absolute atomic E-state index is 0.0872. The Bertz CT molecular complexity index is 605. The van der Waals surface area contributed by atoms with Crippen LogP contribution >= 0.6 is 0 Å². The van der Waals surface area contributed by atoms with Crippen molar-refractivity contribution in [3.63, 3.8) is 0 Å². The van der Waals surface area contributed by atoms with E-state index in [0.29, 0.717) is 5.69 Å². The van der Waals surface area contributed by atoms with Crippen LogP contribution in [-0.2, 0) is 11.2 Å². The Morgan fingerprint density at radius 1 is 0.944 bits per heavy atom. The number of hydrogen-bond donors (Lipinski definition) is 1. The van der Waals surface area contributed by atoms with E-state index in [1.807, 2.05) is 49.3 Å². The lowest BCUT2D eigenvalue weighted by Crippen LogP contribution is -2.16. The molecule has 18 heavy (non-hydrogen) atoms. The summed E-state index contributed by atoms with van der Waals surface area (Å²) < 4.78 is 0. The molecule has 1 aliphatic carbocycles. The van der Waals surface area contributed by atoms with Crippen LogP contribution < -0.4 is 5.73 Å². The quantitative estimate of drug-likeness (QED) is 0.612. The molecule has 3 rings (SSSR count). The molecule has 0 aliphatic heterocycles. The third kappa shape index (κ3) is 1.80. The molecule has 0 atom stereocenters. The number of nitrogens with two attached hydrogens (primary N) is 1. The van der Waals surface area contributed by atoms with Gasteiger partial charge in [-0.25, -0.2) is 0 Å². The second-order valence-corrected chi connectivity index (χ2v) is 4.04. The number of carbonyl (C=O) groups is 2. The minimum atomic E-state index is 0.0872. The number of carbonyl (C=O) groups excluding carboxylic acids is 2. The van der Waals surface area contributed by atoms with Crippen molar-refractivity contribution in [2.45, 2.75) is 6.42 Å². The van der Waals surface area contributed by atoms with E-state index in [1.165, 1.54) is 0 Å². The zero-order chi connectivity index (χ0) is 13.1. The molecule has 1 aliphatic rings. The van der Waals surface area contributed by atoms with Gasteiger partial charge in [-0.05, 0) is 17.2 Å². The second-order valence-electron chi connectivity index (χ2n) is 4.04. The van der Waals surface area contributed by atoms with E-state index in [-0.39, 0.29) is 5.78 Å².